The van der Waals surface area contributed by atoms with Gasteiger partial charge in [-0.1, -0.05) is 0 Å². The average molecular weight is 492 g/mol. The van der Waals surface area contributed by atoms with Crippen molar-refractivity contribution in [1.82, 2.24) is 15.2 Å². The van der Waals surface area contributed by atoms with E-state index in [2.05, 4.69) is 10.3 Å². The van der Waals surface area contributed by atoms with Gasteiger partial charge < -0.3 is 15.1 Å². The summed E-state index contributed by atoms with van der Waals surface area (Å²) in [7, 11) is 1.58. The number of carbonyl (C=O) groups is 2. The lowest BCUT2D eigenvalue weighted by Crippen LogP contribution is -2.41. The van der Waals surface area contributed by atoms with Crippen LogP contribution in [0.4, 0.5) is 18.9 Å². The second-order valence-corrected chi connectivity index (χ2v) is 9.35. The fraction of sp³-hybridized carbons (Fsp3) is 0.478. The Labute approximate surface area is 199 Å². The van der Waals surface area contributed by atoms with Gasteiger partial charge in [0.2, 0.25) is 5.91 Å². The maximum atomic E-state index is 13.4. The zero-order valence-electron chi connectivity index (χ0n) is 18.5. The molecule has 2 amide bonds. The Morgan fingerprint density at radius 1 is 1.24 bits per heavy atom. The van der Waals surface area contributed by atoms with Crippen LogP contribution in [0.2, 0.25) is 0 Å². The van der Waals surface area contributed by atoms with Crippen molar-refractivity contribution in [1.29, 1.82) is 5.26 Å². The number of nitrogens with zero attached hydrogens (tertiary/aromatic N) is 4. The second kappa shape index (κ2) is 9.62. The van der Waals surface area contributed by atoms with Crippen molar-refractivity contribution in [2.45, 2.75) is 19.0 Å². The first kappa shape index (κ1) is 24.0. The smallest absolute Gasteiger partial charge is 0.372 e. The van der Waals surface area contributed by atoms with Crippen molar-refractivity contribution in [3.8, 4) is 6.07 Å². The molecule has 0 bridgehead atoms. The zero-order valence-corrected chi connectivity index (χ0v) is 19.3. The van der Waals surface area contributed by atoms with E-state index < -0.39 is 17.3 Å². The Morgan fingerprint density at radius 3 is 2.56 bits per heavy atom. The quantitative estimate of drug-likeness (QED) is 0.708. The van der Waals surface area contributed by atoms with Gasteiger partial charge in [0.1, 0.15) is 5.69 Å². The van der Waals surface area contributed by atoms with Crippen LogP contribution >= 0.6 is 11.3 Å². The number of piperidine rings is 1. The number of halogens is 3. The van der Waals surface area contributed by atoms with E-state index in [4.69, 9.17) is 5.26 Å². The molecule has 0 radical (unpaired) electrons. The Kier molecular flexibility index (Phi) is 6.79. The molecule has 1 aromatic carbocycles. The number of rotatable bonds is 4. The van der Waals surface area contributed by atoms with E-state index in [1.54, 1.807) is 35.0 Å². The van der Waals surface area contributed by atoms with Crippen LogP contribution in [0.1, 0.15) is 34.5 Å². The molecule has 2 aliphatic rings. The predicted molar refractivity (Wildman–Crippen MR) is 120 cm³/mol. The number of benzene rings is 1. The van der Waals surface area contributed by atoms with Crippen LogP contribution in [0.3, 0.4) is 0 Å². The molecule has 0 spiro atoms. The van der Waals surface area contributed by atoms with Crippen LogP contribution in [0.15, 0.2) is 29.1 Å². The highest BCUT2D eigenvalue weighted by molar-refractivity contribution is 7.07. The average Bonchev–Trinajstić information content (AvgIpc) is 3.53. The molecule has 2 fully saturated rings. The lowest BCUT2D eigenvalue weighted by Gasteiger charge is -2.37. The number of alkyl halides is 3. The Hall–Kier alpha value is -3.13. The standard InChI is InChI=1S/C23H24F3N5O2S/c1-28-21(32)18-11-31(22(33)20-12-34-13-29-20)10-17(18)14-4-6-30(7-5-14)16-3-2-15(9-27)19(8-16)23(24,25)26/h2-3,8,12-14,17-18H,4-7,10-11H2,1H3,(H,28,32)/t17-,18+/m0/s1. The number of carbonyl (C=O) groups excluding carboxylic acids is 2. The number of nitrogens with one attached hydrogen (secondary N) is 1. The summed E-state index contributed by atoms with van der Waals surface area (Å²) in [6, 6.07) is 5.41. The maximum Gasteiger partial charge on any atom is 0.417 e. The van der Waals surface area contributed by atoms with E-state index in [0.29, 0.717) is 50.4 Å². The molecule has 0 unspecified atom stereocenters. The lowest BCUT2D eigenvalue weighted by atomic mass is 9.78. The molecule has 11 heteroatoms. The fourth-order valence-electron chi connectivity index (χ4n) is 5.06. The number of amides is 2. The predicted octanol–water partition coefficient (Wildman–Crippen LogP) is 3.38. The van der Waals surface area contributed by atoms with Crippen molar-refractivity contribution in [3.63, 3.8) is 0 Å². The van der Waals surface area contributed by atoms with Gasteiger partial charge in [0, 0.05) is 44.3 Å². The largest absolute Gasteiger partial charge is 0.417 e. The van der Waals surface area contributed by atoms with Gasteiger partial charge >= 0.3 is 6.18 Å². The molecule has 7 nitrogen and oxygen atoms in total. The zero-order chi connectivity index (χ0) is 24.5. The molecule has 0 saturated carbocycles. The summed E-state index contributed by atoms with van der Waals surface area (Å²) >= 11 is 1.34. The first-order valence-corrected chi connectivity index (χ1v) is 11.9. The van der Waals surface area contributed by atoms with Gasteiger partial charge in [-0.25, -0.2) is 4.98 Å². The molecule has 180 valence electrons. The van der Waals surface area contributed by atoms with E-state index in [-0.39, 0.29) is 29.6 Å². The van der Waals surface area contributed by atoms with Crippen LogP contribution in [-0.4, -0.2) is 54.9 Å². The monoisotopic (exact) mass is 491 g/mol. The number of hydrogen-bond donors (Lipinski definition) is 1. The molecule has 2 saturated heterocycles. The van der Waals surface area contributed by atoms with Gasteiger partial charge in [0.25, 0.3) is 5.91 Å². The summed E-state index contributed by atoms with van der Waals surface area (Å²) in [4.78, 5) is 33.1. The number of nitriles is 1. The minimum absolute atomic E-state index is 0.0311. The highest BCUT2D eigenvalue weighted by atomic mass is 32.1. The van der Waals surface area contributed by atoms with E-state index in [1.165, 1.54) is 17.4 Å². The first-order valence-electron chi connectivity index (χ1n) is 11.0. The molecular weight excluding hydrogens is 467 g/mol. The lowest BCUT2D eigenvalue weighted by molar-refractivity contribution is -0.137. The maximum absolute atomic E-state index is 13.4. The molecule has 34 heavy (non-hydrogen) atoms. The molecular formula is C23H24F3N5O2S. The molecule has 2 atom stereocenters. The number of hydrogen-bond acceptors (Lipinski definition) is 6. The van der Waals surface area contributed by atoms with Gasteiger partial charge in [-0.15, -0.1) is 11.3 Å². The van der Waals surface area contributed by atoms with E-state index in [0.717, 1.165) is 6.07 Å². The van der Waals surface area contributed by atoms with E-state index >= 15 is 0 Å². The summed E-state index contributed by atoms with van der Waals surface area (Å²) in [6.45, 7) is 1.84. The minimum atomic E-state index is -4.60. The number of anilines is 1. The number of likely N-dealkylation sites (tertiary alicyclic amines) is 1. The topological polar surface area (TPSA) is 89.3 Å². The molecule has 4 rings (SSSR count). The summed E-state index contributed by atoms with van der Waals surface area (Å²) in [5.41, 5.74) is 1.08. The SMILES string of the molecule is CNC(=O)[C@@H]1CN(C(=O)c2cscn2)C[C@H]1C1CCN(c2ccc(C#N)c(C(F)(F)F)c2)CC1. The van der Waals surface area contributed by atoms with Gasteiger partial charge in [-0.2, -0.15) is 18.4 Å². The van der Waals surface area contributed by atoms with Crippen LogP contribution in [0.5, 0.6) is 0 Å². The number of thiazole rings is 1. The normalized spacial score (nSPS) is 21.4. The third kappa shape index (κ3) is 4.73. The van der Waals surface area contributed by atoms with E-state index in [1.807, 2.05) is 4.90 Å². The minimum Gasteiger partial charge on any atom is -0.372 e. The van der Waals surface area contributed by atoms with Crippen molar-refractivity contribution >= 4 is 28.8 Å². The van der Waals surface area contributed by atoms with Gasteiger partial charge in [0.15, 0.2) is 0 Å². The summed E-state index contributed by atoms with van der Waals surface area (Å²) in [5, 5.41) is 13.4. The Balaban J connectivity index is 1.47. The van der Waals surface area contributed by atoms with Crippen LogP contribution in [0, 0.1) is 29.1 Å². The Morgan fingerprint density at radius 2 is 1.97 bits per heavy atom. The first-order chi connectivity index (χ1) is 16.2. The van der Waals surface area contributed by atoms with E-state index in [9.17, 15) is 22.8 Å². The van der Waals surface area contributed by atoms with Crippen molar-refractivity contribution in [2.24, 2.45) is 17.8 Å². The highest BCUT2D eigenvalue weighted by Gasteiger charge is 2.44. The molecule has 3 heterocycles. The highest BCUT2D eigenvalue weighted by Crippen LogP contribution is 2.39. The summed E-state index contributed by atoms with van der Waals surface area (Å²) < 4.78 is 40.1. The van der Waals surface area contributed by atoms with Gasteiger partial charge in [0.05, 0.1) is 28.6 Å². The fourth-order valence-corrected chi connectivity index (χ4v) is 5.59. The van der Waals surface area contributed by atoms with Crippen LogP contribution in [-0.2, 0) is 11.0 Å². The van der Waals surface area contributed by atoms with Crippen molar-refractivity contribution in [2.75, 3.05) is 38.1 Å². The molecule has 1 N–H and O–H groups in total. The van der Waals surface area contributed by atoms with Crippen LogP contribution < -0.4 is 10.2 Å². The van der Waals surface area contributed by atoms with Gasteiger partial charge in [-0.05, 0) is 42.9 Å². The van der Waals surface area contributed by atoms with Crippen molar-refractivity contribution in [3.05, 3.63) is 45.9 Å². The molecule has 2 aliphatic heterocycles. The van der Waals surface area contributed by atoms with Crippen molar-refractivity contribution < 1.29 is 22.8 Å². The van der Waals surface area contributed by atoms with Gasteiger partial charge in [-0.3, -0.25) is 9.59 Å². The molecule has 1 aromatic heterocycles. The molecule has 2 aromatic rings. The van der Waals surface area contributed by atoms with Crippen LogP contribution in [0.25, 0.3) is 0 Å². The summed E-state index contributed by atoms with van der Waals surface area (Å²) in [5.74, 6) is -0.505. The second-order valence-electron chi connectivity index (χ2n) is 8.63. The summed E-state index contributed by atoms with van der Waals surface area (Å²) in [6.07, 6.45) is -3.21. The molecule has 0 aliphatic carbocycles. The Bertz CT molecular complexity index is 1090. The third-order valence-corrected chi connectivity index (χ3v) is 7.41. The third-order valence-electron chi connectivity index (χ3n) is 6.83. The number of aromatic nitrogens is 1.